The van der Waals surface area contributed by atoms with E-state index in [0.717, 1.165) is 6.08 Å². The van der Waals surface area contributed by atoms with E-state index in [2.05, 4.69) is 4.74 Å². The van der Waals surface area contributed by atoms with E-state index >= 15 is 0 Å². The van der Waals surface area contributed by atoms with Gasteiger partial charge >= 0.3 is 35.5 Å². The predicted octanol–water partition coefficient (Wildman–Crippen LogP) is -0.0273. The SMILES string of the molecule is CCOC(=O)/C=C/O.[NaH]. The summed E-state index contributed by atoms with van der Waals surface area (Å²) in [5.74, 6) is -0.519. The van der Waals surface area contributed by atoms with Crippen molar-refractivity contribution in [1.82, 2.24) is 0 Å². The molecule has 0 aromatic rings. The van der Waals surface area contributed by atoms with E-state index in [0.29, 0.717) is 12.9 Å². The Morgan fingerprint density at radius 2 is 2.33 bits per heavy atom. The number of aliphatic hydroxyl groups is 1. The predicted molar refractivity (Wildman–Crippen MR) is 35.6 cm³/mol. The van der Waals surface area contributed by atoms with Crippen LogP contribution in [0.1, 0.15) is 6.92 Å². The van der Waals surface area contributed by atoms with Crippen molar-refractivity contribution in [1.29, 1.82) is 0 Å². The van der Waals surface area contributed by atoms with E-state index < -0.39 is 5.97 Å². The quantitative estimate of drug-likeness (QED) is 0.253. The number of rotatable bonds is 2. The number of carbonyl (C=O) groups is 1. The second-order valence-electron chi connectivity index (χ2n) is 1.07. The summed E-state index contributed by atoms with van der Waals surface area (Å²) in [5, 5.41) is 7.98. The molecule has 0 aliphatic heterocycles. The molecule has 0 saturated carbocycles. The van der Waals surface area contributed by atoms with Gasteiger partial charge in [-0.25, -0.2) is 4.79 Å². The molecule has 0 aromatic carbocycles. The van der Waals surface area contributed by atoms with E-state index in [-0.39, 0.29) is 29.6 Å². The van der Waals surface area contributed by atoms with Gasteiger partial charge in [0.25, 0.3) is 0 Å². The molecule has 0 aromatic heterocycles. The van der Waals surface area contributed by atoms with Crippen LogP contribution in [0.2, 0.25) is 0 Å². The zero-order valence-electron chi connectivity index (χ0n) is 4.63. The van der Waals surface area contributed by atoms with Gasteiger partial charge < -0.3 is 9.84 Å². The van der Waals surface area contributed by atoms with Crippen molar-refractivity contribution in [3.63, 3.8) is 0 Å². The molecule has 0 heterocycles. The second kappa shape index (κ2) is 8.01. The molecule has 1 N–H and O–H groups in total. The summed E-state index contributed by atoms with van der Waals surface area (Å²) in [6, 6.07) is 0. The Kier molecular flexibility index (Phi) is 10.5. The number of aliphatic hydroxyl groups excluding tert-OH is 1. The molecule has 48 valence electrons. The fraction of sp³-hybridized carbons (Fsp3) is 0.400. The summed E-state index contributed by atoms with van der Waals surface area (Å²) in [6.45, 7) is 2.03. The first-order chi connectivity index (χ1) is 3.81. The normalized spacial score (nSPS) is 8.56. The minimum atomic E-state index is -0.519. The molecule has 0 fully saturated rings. The first-order valence-electron chi connectivity index (χ1n) is 2.28. The topological polar surface area (TPSA) is 46.5 Å². The van der Waals surface area contributed by atoms with Gasteiger partial charge in [-0.15, -0.1) is 0 Å². The molecule has 0 rings (SSSR count). The van der Waals surface area contributed by atoms with E-state index in [9.17, 15) is 4.79 Å². The summed E-state index contributed by atoms with van der Waals surface area (Å²) in [5.41, 5.74) is 0. The van der Waals surface area contributed by atoms with E-state index in [1.165, 1.54) is 0 Å². The van der Waals surface area contributed by atoms with Crippen LogP contribution in [-0.2, 0) is 9.53 Å². The monoisotopic (exact) mass is 140 g/mol. The van der Waals surface area contributed by atoms with Crippen molar-refractivity contribution in [3.8, 4) is 0 Å². The number of hydrogen-bond acceptors (Lipinski definition) is 3. The minimum absolute atomic E-state index is 0. The zero-order chi connectivity index (χ0) is 6.41. The van der Waals surface area contributed by atoms with Crippen molar-refractivity contribution < 1.29 is 14.6 Å². The van der Waals surface area contributed by atoms with E-state index in [1.54, 1.807) is 6.92 Å². The standard InChI is InChI=1S/C5H8O3.Na.H/c1-2-8-5(7)3-4-6;;/h3-4,6H,2H2,1H3;;/b4-3+;;. The number of esters is 1. The molecule has 0 spiro atoms. The van der Waals surface area contributed by atoms with Crippen molar-refractivity contribution in [2.75, 3.05) is 6.61 Å². The average molecular weight is 140 g/mol. The van der Waals surface area contributed by atoms with Crippen LogP contribution in [0.25, 0.3) is 0 Å². The second-order valence-corrected chi connectivity index (χ2v) is 1.07. The van der Waals surface area contributed by atoms with Gasteiger partial charge in [0.2, 0.25) is 0 Å². The van der Waals surface area contributed by atoms with E-state index in [1.807, 2.05) is 0 Å². The molecule has 0 aliphatic carbocycles. The van der Waals surface area contributed by atoms with E-state index in [4.69, 9.17) is 5.11 Å². The molecule has 9 heavy (non-hydrogen) atoms. The van der Waals surface area contributed by atoms with Crippen LogP contribution in [0.15, 0.2) is 12.3 Å². The van der Waals surface area contributed by atoms with Crippen LogP contribution in [0.5, 0.6) is 0 Å². The third-order valence-corrected chi connectivity index (χ3v) is 0.497. The van der Waals surface area contributed by atoms with Crippen molar-refractivity contribution in [3.05, 3.63) is 12.3 Å². The van der Waals surface area contributed by atoms with Crippen LogP contribution in [-0.4, -0.2) is 47.2 Å². The molecule has 0 atom stereocenters. The Hall–Kier alpha value is 0.0100. The van der Waals surface area contributed by atoms with Crippen LogP contribution < -0.4 is 0 Å². The third-order valence-electron chi connectivity index (χ3n) is 0.497. The first-order valence-corrected chi connectivity index (χ1v) is 2.28. The van der Waals surface area contributed by atoms with Gasteiger partial charge in [-0.3, -0.25) is 0 Å². The molecule has 4 heteroatoms. The molecule has 0 bridgehead atoms. The first kappa shape index (κ1) is 11.8. The molecule has 0 amide bonds. The summed E-state index contributed by atoms with van der Waals surface area (Å²) in [6.07, 6.45) is 1.60. The number of carbonyl (C=O) groups excluding carboxylic acids is 1. The molecular formula is C5H9NaO3. The van der Waals surface area contributed by atoms with Crippen molar-refractivity contribution in [2.24, 2.45) is 0 Å². The van der Waals surface area contributed by atoms with Crippen LogP contribution in [0.3, 0.4) is 0 Å². The van der Waals surface area contributed by atoms with Gasteiger partial charge in [-0.1, -0.05) is 0 Å². The maximum absolute atomic E-state index is 10.2. The average Bonchev–Trinajstić information content (AvgIpc) is 1.68. The van der Waals surface area contributed by atoms with Gasteiger partial charge in [0, 0.05) is 0 Å². The molecule has 0 unspecified atom stereocenters. The molecule has 0 saturated heterocycles. The fourth-order valence-electron chi connectivity index (χ4n) is 0.251. The van der Waals surface area contributed by atoms with Crippen LogP contribution >= 0.6 is 0 Å². The third kappa shape index (κ3) is 8.01. The van der Waals surface area contributed by atoms with Crippen LogP contribution in [0.4, 0.5) is 0 Å². The molecule has 0 aliphatic rings. The molecular weight excluding hydrogens is 131 g/mol. The van der Waals surface area contributed by atoms with Gasteiger partial charge in [-0.05, 0) is 6.92 Å². The van der Waals surface area contributed by atoms with Gasteiger partial charge in [-0.2, -0.15) is 0 Å². The van der Waals surface area contributed by atoms with Crippen LogP contribution in [0, 0.1) is 0 Å². The molecule has 3 nitrogen and oxygen atoms in total. The van der Waals surface area contributed by atoms with Crippen molar-refractivity contribution >= 4 is 35.5 Å². The Labute approximate surface area is 76.0 Å². The number of hydrogen-bond donors (Lipinski definition) is 1. The summed E-state index contributed by atoms with van der Waals surface area (Å²) < 4.78 is 4.40. The molecule has 0 radical (unpaired) electrons. The van der Waals surface area contributed by atoms with Gasteiger partial charge in [0.1, 0.15) is 0 Å². The summed E-state index contributed by atoms with van der Waals surface area (Å²) in [7, 11) is 0. The fourth-order valence-corrected chi connectivity index (χ4v) is 0.251. The number of ether oxygens (including phenoxy) is 1. The Bertz CT molecular complexity index is 100. The summed E-state index contributed by atoms with van der Waals surface area (Å²) >= 11 is 0. The summed E-state index contributed by atoms with van der Waals surface area (Å²) in [4.78, 5) is 10.2. The Morgan fingerprint density at radius 3 is 2.67 bits per heavy atom. The van der Waals surface area contributed by atoms with Gasteiger partial charge in [0.05, 0.1) is 18.9 Å². The van der Waals surface area contributed by atoms with Gasteiger partial charge in [0.15, 0.2) is 0 Å². The maximum atomic E-state index is 10.2. The Balaban J connectivity index is 0. The van der Waals surface area contributed by atoms with Crippen molar-refractivity contribution in [2.45, 2.75) is 6.92 Å². The Morgan fingerprint density at radius 1 is 1.78 bits per heavy atom. The zero-order valence-corrected chi connectivity index (χ0v) is 4.63.